The van der Waals surface area contributed by atoms with E-state index < -0.39 is 5.92 Å². The molecule has 2 rings (SSSR count). The summed E-state index contributed by atoms with van der Waals surface area (Å²) in [6.07, 6.45) is -0.00207. The second-order valence-electron chi connectivity index (χ2n) is 5.10. The smallest absolute Gasteiger partial charge is 0.241 e. The molecule has 21 heavy (non-hydrogen) atoms. The normalized spacial score (nSPS) is 20.5. The molecule has 1 aromatic rings. The molecule has 1 heterocycles. The van der Waals surface area contributed by atoms with E-state index in [1.807, 2.05) is 18.2 Å². The van der Waals surface area contributed by atoms with Crippen molar-refractivity contribution < 1.29 is 9.53 Å². The topological polar surface area (TPSA) is 65.4 Å². The van der Waals surface area contributed by atoms with Gasteiger partial charge in [0.1, 0.15) is 5.92 Å². The Labute approximate surface area is 125 Å². The Bertz CT molecular complexity index is 498. The number of nitriles is 1. The molecule has 1 saturated heterocycles. The number of nitrogens with one attached hydrogen (secondary N) is 1. The Hall–Kier alpha value is -1.90. The second-order valence-corrected chi connectivity index (χ2v) is 5.10. The third kappa shape index (κ3) is 4.28. The van der Waals surface area contributed by atoms with Gasteiger partial charge < -0.3 is 10.1 Å². The van der Waals surface area contributed by atoms with Crippen molar-refractivity contribution >= 4 is 5.91 Å². The summed E-state index contributed by atoms with van der Waals surface area (Å²) in [6.45, 7) is 5.99. The zero-order valence-electron chi connectivity index (χ0n) is 12.3. The number of benzene rings is 1. The van der Waals surface area contributed by atoms with E-state index in [2.05, 4.69) is 23.2 Å². The van der Waals surface area contributed by atoms with Crippen molar-refractivity contribution in [3.8, 4) is 6.07 Å². The minimum absolute atomic E-state index is 0.00207. The van der Waals surface area contributed by atoms with Crippen molar-refractivity contribution in [1.82, 2.24) is 10.2 Å². The number of hydrogen-bond donors (Lipinski definition) is 1. The van der Waals surface area contributed by atoms with E-state index in [0.29, 0.717) is 13.2 Å². The van der Waals surface area contributed by atoms with Gasteiger partial charge in [0, 0.05) is 19.6 Å². The molecule has 0 spiro atoms. The van der Waals surface area contributed by atoms with Crippen LogP contribution in [0.3, 0.4) is 0 Å². The van der Waals surface area contributed by atoms with Gasteiger partial charge in [-0.15, -0.1) is 0 Å². The lowest BCUT2D eigenvalue weighted by atomic mass is 10.00. The Morgan fingerprint density at radius 1 is 1.52 bits per heavy atom. The van der Waals surface area contributed by atoms with Gasteiger partial charge in [0.25, 0.3) is 0 Å². The largest absolute Gasteiger partial charge is 0.374 e. The maximum absolute atomic E-state index is 12.2. The highest BCUT2D eigenvalue weighted by molar-refractivity contribution is 5.86. The van der Waals surface area contributed by atoms with Crippen LogP contribution in [-0.4, -0.2) is 49.7 Å². The van der Waals surface area contributed by atoms with E-state index >= 15 is 0 Å². The van der Waals surface area contributed by atoms with Crippen LogP contribution in [0.4, 0.5) is 0 Å². The molecular formula is C16H21N3O2. The van der Waals surface area contributed by atoms with Crippen LogP contribution in [0, 0.1) is 11.3 Å². The molecule has 0 saturated carbocycles. The molecule has 1 aliphatic rings. The molecule has 112 valence electrons. The average Bonchev–Trinajstić information content (AvgIpc) is 2.55. The fraction of sp³-hybridized carbons (Fsp3) is 0.500. The molecule has 1 fully saturated rings. The first-order chi connectivity index (χ1) is 10.2. The summed E-state index contributed by atoms with van der Waals surface area (Å²) in [6, 6.07) is 11.2. The van der Waals surface area contributed by atoms with Gasteiger partial charge in [0.05, 0.1) is 18.8 Å². The van der Waals surface area contributed by atoms with E-state index in [1.165, 1.54) is 0 Å². The molecule has 2 unspecified atom stereocenters. The van der Waals surface area contributed by atoms with Crippen molar-refractivity contribution in [2.45, 2.75) is 18.9 Å². The van der Waals surface area contributed by atoms with Crippen molar-refractivity contribution in [2.24, 2.45) is 0 Å². The van der Waals surface area contributed by atoms with E-state index in [9.17, 15) is 10.1 Å². The Morgan fingerprint density at radius 2 is 2.29 bits per heavy atom. The standard InChI is InChI=1S/C16H21N3O2/c1-2-19-8-9-21-14(12-19)11-18-16(20)15(10-17)13-6-4-3-5-7-13/h3-7,14-15H,2,8-9,11-12H2,1H3,(H,18,20). The molecule has 1 amide bonds. The van der Waals surface area contributed by atoms with E-state index in [-0.39, 0.29) is 12.0 Å². The van der Waals surface area contributed by atoms with E-state index in [4.69, 9.17) is 4.74 Å². The first kappa shape index (κ1) is 15.5. The third-order valence-corrected chi connectivity index (χ3v) is 3.70. The average molecular weight is 287 g/mol. The summed E-state index contributed by atoms with van der Waals surface area (Å²) in [5.41, 5.74) is 0.720. The lowest BCUT2D eigenvalue weighted by Crippen LogP contribution is -2.47. The summed E-state index contributed by atoms with van der Waals surface area (Å²) in [4.78, 5) is 14.5. The van der Waals surface area contributed by atoms with Gasteiger partial charge >= 0.3 is 0 Å². The van der Waals surface area contributed by atoms with Crippen LogP contribution < -0.4 is 5.32 Å². The minimum Gasteiger partial charge on any atom is -0.374 e. The minimum atomic E-state index is -0.767. The van der Waals surface area contributed by atoms with Crippen LogP contribution in [0.1, 0.15) is 18.4 Å². The summed E-state index contributed by atoms with van der Waals surface area (Å²) in [7, 11) is 0. The molecule has 1 aliphatic heterocycles. The van der Waals surface area contributed by atoms with E-state index in [1.54, 1.807) is 12.1 Å². The number of carbonyl (C=O) groups excluding carboxylic acids is 1. The molecule has 1 aromatic carbocycles. The van der Waals surface area contributed by atoms with Crippen LogP contribution in [-0.2, 0) is 9.53 Å². The highest BCUT2D eigenvalue weighted by Gasteiger charge is 2.23. The number of hydrogen-bond acceptors (Lipinski definition) is 4. The molecule has 0 aromatic heterocycles. The first-order valence-electron chi connectivity index (χ1n) is 7.30. The maximum Gasteiger partial charge on any atom is 0.241 e. The molecular weight excluding hydrogens is 266 g/mol. The molecule has 5 nitrogen and oxygen atoms in total. The van der Waals surface area contributed by atoms with Gasteiger partial charge in [-0.05, 0) is 12.1 Å². The lowest BCUT2D eigenvalue weighted by Gasteiger charge is -2.32. The number of ether oxygens (including phenoxy) is 1. The maximum atomic E-state index is 12.2. The Balaban J connectivity index is 1.87. The monoisotopic (exact) mass is 287 g/mol. The Morgan fingerprint density at radius 3 is 2.95 bits per heavy atom. The van der Waals surface area contributed by atoms with Gasteiger partial charge in [0.15, 0.2) is 0 Å². The molecule has 0 radical (unpaired) electrons. The van der Waals surface area contributed by atoms with Gasteiger partial charge in [0.2, 0.25) is 5.91 Å². The fourth-order valence-electron chi connectivity index (χ4n) is 2.44. The van der Waals surface area contributed by atoms with Gasteiger partial charge in [-0.1, -0.05) is 37.3 Å². The molecule has 2 atom stereocenters. The fourth-order valence-corrected chi connectivity index (χ4v) is 2.44. The van der Waals surface area contributed by atoms with Crippen molar-refractivity contribution in [3.05, 3.63) is 35.9 Å². The molecule has 5 heteroatoms. The third-order valence-electron chi connectivity index (χ3n) is 3.70. The predicted octanol–water partition coefficient (Wildman–Crippen LogP) is 1.13. The zero-order valence-corrected chi connectivity index (χ0v) is 12.3. The first-order valence-corrected chi connectivity index (χ1v) is 7.30. The number of amides is 1. The second kappa shape index (κ2) is 7.77. The summed E-state index contributed by atoms with van der Waals surface area (Å²) in [5, 5.41) is 12.1. The number of nitrogens with zero attached hydrogens (tertiary/aromatic N) is 2. The van der Waals surface area contributed by atoms with Gasteiger partial charge in [-0.25, -0.2) is 0 Å². The Kier molecular flexibility index (Phi) is 5.73. The summed E-state index contributed by atoms with van der Waals surface area (Å²) >= 11 is 0. The zero-order chi connectivity index (χ0) is 15.1. The predicted molar refractivity (Wildman–Crippen MR) is 79.7 cm³/mol. The number of carbonyl (C=O) groups is 1. The van der Waals surface area contributed by atoms with Gasteiger partial charge in [-0.2, -0.15) is 5.26 Å². The van der Waals surface area contributed by atoms with Crippen LogP contribution >= 0.6 is 0 Å². The SMILES string of the molecule is CCN1CCOC(CNC(=O)C(C#N)c2ccccc2)C1. The molecule has 0 aliphatic carbocycles. The summed E-state index contributed by atoms with van der Waals surface area (Å²) < 4.78 is 5.64. The number of morpholine rings is 1. The highest BCUT2D eigenvalue weighted by Crippen LogP contribution is 2.14. The summed E-state index contributed by atoms with van der Waals surface area (Å²) in [5.74, 6) is -1.03. The van der Waals surface area contributed by atoms with Crippen LogP contribution in [0.25, 0.3) is 0 Å². The van der Waals surface area contributed by atoms with E-state index in [0.717, 1.165) is 25.2 Å². The number of rotatable bonds is 5. The quantitative estimate of drug-likeness (QED) is 0.881. The molecule has 1 N–H and O–H groups in total. The van der Waals surface area contributed by atoms with Crippen molar-refractivity contribution in [3.63, 3.8) is 0 Å². The van der Waals surface area contributed by atoms with Crippen LogP contribution in [0.15, 0.2) is 30.3 Å². The lowest BCUT2D eigenvalue weighted by molar-refractivity contribution is -0.122. The van der Waals surface area contributed by atoms with Crippen molar-refractivity contribution in [1.29, 1.82) is 5.26 Å². The van der Waals surface area contributed by atoms with Crippen LogP contribution in [0.5, 0.6) is 0 Å². The molecule has 0 bridgehead atoms. The van der Waals surface area contributed by atoms with Crippen molar-refractivity contribution in [2.75, 3.05) is 32.8 Å². The number of likely N-dealkylation sites (N-methyl/N-ethyl adjacent to an activating group) is 1. The van der Waals surface area contributed by atoms with Gasteiger partial charge in [-0.3, -0.25) is 9.69 Å². The van der Waals surface area contributed by atoms with Crippen LogP contribution in [0.2, 0.25) is 0 Å². The highest BCUT2D eigenvalue weighted by atomic mass is 16.5.